The van der Waals surface area contributed by atoms with Crippen molar-refractivity contribution in [3.8, 4) is 0 Å². The fraction of sp³-hybridized carbons (Fsp3) is 1.00. The van der Waals surface area contributed by atoms with E-state index in [4.69, 9.17) is 0 Å². The molecule has 2 atom stereocenters. The van der Waals surface area contributed by atoms with Crippen LogP contribution in [0.4, 0.5) is 0 Å². The molecule has 4 nitrogen and oxygen atoms in total. The Morgan fingerprint density at radius 3 is 2.19 bits per heavy atom. The van der Waals surface area contributed by atoms with Gasteiger partial charge >= 0.3 is 0 Å². The van der Waals surface area contributed by atoms with Crippen LogP contribution in [0.3, 0.4) is 0 Å². The summed E-state index contributed by atoms with van der Waals surface area (Å²) in [5.74, 6) is 0.292. The number of hydrogen-bond acceptors (Lipinski definition) is 3. The number of aliphatic hydroxyl groups is 1. The van der Waals surface area contributed by atoms with Crippen LogP contribution in [0.25, 0.3) is 0 Å². The highest BCUT2D eigenvalue weighted by atomic mass is 32.2. The fourth-order valence-corrected chi connectivity index (χ4v) is 3.89. The molecule has 0 aromatic rings. The maximum atomic E-state index is 12.3. The average Bonchev–Trinajstić information content (AvgIpc) is 1.98. The van der Waals surface area contributed by atoms with Crippen molar-refractivity contribution in [2.24, 2.45) is 5.92 Å². The molecule has 0 amide bonds. The Kier molecular flexibility index (Phi) is 3.72. The van der Waals surface area contributed by atoms with Gasteiger partial charge in [0.15, 0.2) is 0 Å². The van der Waals surface area contributed by atoms with Gasteiger partial charge in [-0.05, 0) is 33.1 Å². The second-order valence-electron chi connectivity index (χ2n) is 5.83. The van der Waals surface area contributed by atoms with Crippen LogP contribution in [0.15, 0.2) is 0 Å². The van der Waals surface area contributed by atoms with Crippen molar-refractivity contribution < 1.29 is 13.5 Å². The summed E-state index contributed by atoms with van der Waals surface area (Å²) < 4.78 is 25.4. The monoisotopic (exact) mass is 249 g/mol. The third-order valence-corrected chi connectivity index (χ3v) is 5.90. The van der Waals surface area contributed by atoms with Gasteiger partial charge in [0.05, 0.1) is 11.4 Å². The summed E-state index contributed by atoms with van der Waals surface area (Å²) in [5.41, 5.74) is 0. The molecule has 1 fully saturated rings. The number of nitrogens with zero attached hydrogens (tertiary/aromatic N) is 1. The zero-order valence-corrected chi connectivity index (χ0v) is 11.6. The van der Waals surface area contributed by atoms with Crippen molar-refractivity contribution in [2.45, 2.75) is 57.9 Å². The molecule has 0 bridgehead atoms. The minimum absolute atomic E-state index is 0.0429. The lowest BCUT2D eigenvalue weighted by atomic mass is 9.89. The van der Waals surface area contributed by atoms with Crippen LogP contribution in [0, 0.1) is 5.92 Å². The lowest BCUT2D eigenvalue weighted by Gasteiger charge is -2.50. The van der Waals surface area contributed by atoms with E-state index in [9.17, 15) is 13.5 Å². The average molecular weight is 249 g/mol. The van der Waals surface area contributed by atoms with E-state index in [1.54, 1.807) is 20.8 Å². The molecular formula is C11H23NO3S. The molecule has 0 radical (unpaired) electrons. The summed E-state index contributed by atoms with van der Waals surface area (Å²) in [6.07, 6.45) is 0.767. The first-order valence-electron chi connectivity index (χ1n) is 5.77. The molecule has 1 heterocycles. The lowest BCUT2D eigenvalue weighted by Crippen LogP contribution is -2.64. The quantitative estimate of drug-likeness (QED) is 0.818. The van der Waals surface area contributed by atoms with Crippen molar-refractivity contribution in [1.82, 2.24) is 4.31 Å². The van der Waals surface area contributed by atoms with Crippen LogP contribution in [-0.2, 0) is 10.0 Å². The maximum Gasteiger partial charge on any atom is 0.219 e. The summed E-state index contributed by atoms with van der Waals surface area (Å²) in [6, 6.07) is -0.182. The summed E-state index contributed by atoms with van der Waals surface area (Å²) in [7, 11) is -3.32. The Balaban J connectivity index is 3.00. The molecular weight excluding hydrogens is 226 g/mol. The Hall–Kier alpha value is -0.130. The van der Waals surface area contributed by atoms with E-state index in [-0.39, 0.29) is 18.7 Å². The second-order valence-corrected chi connectivity index (χ2v) is 8.43. The van der Waals surface area contributed by atoms with Crippen LogP contribution in [0.1, 0.15) is 41.0 Å². The molecule has 1 aliphatic rings. The summed E-state index contributed by atoms with van der Waals surface area (Å²) in [4.78, 5) is 0. The van der Waals surface area contributed by atoms with Crippen molar-refractivity contribution in [3.63, 3.8) is 0 Å². The van der Waals surface area contributed by atoms with Gasteiger partial charge in [-0.25, -0.2) is 8.42 Å². The molecule has 0 aromatic carbocycles. The number of sulfonamides is 1. The van der Waals surface area contributed by atoms with Crippen molar-refractivity contribution in [2.75, 3.05) is 6.61 Å². The molecule has 0 aliphatic carbocycles. The van der Waals surface area contributed by atoms with E-state index in [1.807, 2.05) is 13.8 Å². The maximum absolute atomic E-state index is 12.3. The van der Waals surface area contributed by atoms with Crippen molar-refractivity contribution in [1.29, 1.82) is 0 Å². The van der Waals surface area contributed by atoms with Crippen molar-refractivity contribution >= 4 is 10.0 Å². The first kappa shape index (κ1) is 13.9. The van der Waals surface area contributed by atoms with E-state index in [0.717, 1.165) is 6.42 Å². The van der Waals surface area contributed by atoms with Gasteiger partial charge in [-0.3, -0.25) is 0 Å². The fourth-order valence-electron chi connectivity index (χ4n) is 2.03. The smallest absolute Gasteiger partial charge is 0.219 e. The first-order chi connectivity index (χ1) is 7.13. The van der Waals surface area contributed by atoms with Gasteiger partial charge in [0, 0.05) is 12.1 Å². The standard InChI is InChI=1S/C11H23NO3S/c1-8(2)10-6-9(7-13)12(10)16(14,15)11(3,4)5/h8-10,13H,6-7H2,1-5H3/t9-,10+/m0/s1. The Morgan fingerprint density at radius 2 is 1.88 bits per heavy atom. The molecule has 1 aliphatic heterocycles. The SMILES string of the molecule is CC(C)[C@H]1C[C@@H](CO)N1S(=O)(=O)C(C)(C)C. The number of hydrogen-bond donors (Lipinski definition) is 1. The minimum Gasteiger partial charge on any atom is -0.395 e. The summed E-state index contributed by atoms with van der Waals surface area (Å²) in [5, 5.41) is 9.18. The van der Waals surface area contributed by atoms with E-state index in [0.29, 0.717) is 5.92 Å². The van der Waals surface area contributed by atoms with Gasteiger partial charge in [0.1, 0.15) is 0 Å². The molecule has 0 saturated carbocycles. The van der Waals surface area contributed by atoms with E-state index < -0.39 is 14.8 Å². The molecule has 96 valence electrons. The third-order valence-electron chi connectivity index (χ3n) is 3.23. The van der Waals surface area contributed by atoms with Crippen LogP contribution < -0.4 is 0 Å². The molecule has 1 N–H and O–H groups in total. The summed E-state index contributed by atoms with van der Waals surface area (Å²) in [6.45, 7) is 9.05. The van der Waals surface area contributed by atoms with Gasteiger partial charge in [0.2, 0.25) is 10.0 Å². The van der Waals surface area contributed by atoms with Crippen LogP contribution in [0.2, 0.25) is 0 Å². The lowest BCUT2D eigenvalue weighted by molar-refractivity contribution is 0.0322. The van der Waals surface area contributed by atoms with Gasteiger partial charge in [-0.2, -0.15) is 4.31 Å². The normalized spacial score (nSPS) is 28.2. The van der Waals surface area contributed by atoms with E-state index in [2.05, 4.69) is 0 Å². The largest absolute Gasteiger partial charge is 0.395 e. The zero-order valence-electron chi connectivity index (χ0n) is 10.8. The Bertz CT molecular complexity index is 343. The van der Waals surface area contributed by atoms with Crippen LogP contribution in [0.5, 0.6) is 0 Å². The van der Waals surface area contributed by atoms with E-state index in [1.165, 1.54) is 4.31 Å². The molecule has 0 aromatic heterocycles. The number of rotatable bonds is 3. The molecule has 5 heteroatoms. The van der Waals surface area contributed by atoms with Crippen molar-refractivity contribution in [3.05, 3.63) is 0 Å². The number of aliphatic hydroxyl groups excluding tert-OH is 1. The predicted molar refractivity (Wildman–Crippen MR) is 64.6 cm³/mol. The first-order valence-corrected chi connectivity index (χ1v) is 7.21. The minimum atomic E-state index is -3.32. The highest BCUT2D eigenvalue weighted by Crippen LogP contribution is 2.37. The Morgan fingerprint density at radius 1 is 1.38 bits per heavy atom. The highest BCUT2D eigenvalue weighted by molar-refractivity contribution is 7.90. The molecule has 1 rings (SSSR count). The van der Waals surface area contributed by atoms with Gasteiger partial charge < -0.3 is 5.11 Å². The highest BCUT2D eigenvalue weighted by Gasteiger charge is 2.50. The van der Waals surface area contributed by atoms with E-state index >= 15 is 0 Å². The van der Waals surface area contributed by atoms with Gasteiger partial charge in [-0.1, -0.05) is 13.8 Å². The molecule has 0 unspecified atom stereocenters. The summed E-state index contributed by atoms with van der Waals surface area (Å²) >= 11 is 0. The van der Waals surface area contributed by atoms with Gasteiger partial charge in [0.25, 0.3) is 0 Å². The zero-order chi connectivity index (χ0) is 12.7. The second kappa shape index (κ2) is 4.27. The molecule has 0 spiro atoms. The van der Waals surface area contributed by atoms with Crippen LogP contribution >= 0.6 is 0 Å². The Labute approximate surface area is 98.7 Å². The predicted octanol–water partition coefficient (Wildman–Crippen LogP) is 1.21. The third kappa shape index (κ3) is 2.13. The molecule has 1 saturated heterocycles. The van der Waals surface area contributed by atoms with Crippen LogP contribution in [-0.4, -0.2) is 41.3 Å². The van der Waals surface area contributed by atoms with Gasteiger partial charge in [-0.15, -0.1) is 0 Å². The molecule has 16 heavy (non-hydrogen) atoms. The topological polar surface area (TPSA) is 57.6 Å².